The van der Waals surface area contributed by atoms with Crippen LogP contribution in [0.3, 0.4) is 0 Å². The Kier molecular flexibility index (Phi) is 4.74. The van der Waals surface area contributed by atoms with Crippen molar-refractivity contribution >= 4 is 17.2 Å². The van der Waals surface area contributed by atoms with E-state index in [0.29, 0.717) is 28.7 Å². The molecule has 4 heterocycles. The van der Waals surface area contributed by atoms with Gasteiger partial charge in [-0.2, -0.15) is 5.10 Å². The van der Waals surface area contributed by atoms with Crippen LogP contribution in [0.15, 0.2) is 87.4 Å². The van der Waals surface area contributed by atoms with E-state index in [2.05, 4.69) is 15.4 Å². The lowest BCUT2D eigenvalue weighted by molar-refractivity contribution is 0.0942. The van der Waals surface area contributed by atoms with Gasteiger partial charge in [0.15, 0.2) is 5.76 Å². The van der Waals surface area contributed by atoms with Gasteiger partial charge in [-0.15, -0.1) is 11.3 Å². The number of hydrogen-bond acceptors (Lipinski definition) is 6. The first kappa shape index (κ1) is 18.1. The number of benzene rings is 1. The first-order valence-corrected chi connectivity index (χ1v) is 10.1. The summed E-state index contributed by atoms with van der Waals surface area (Å²) < 4.78 is 12.6. The minimum absolute atomic E-state index is 0.240. The topological polar surface area (TPSA) is 86.1 Å². The van der Waals surface area contributed by atoms with E-state index in [9.17, 15) is 4.79 Å². The van der Waals surface area contributed by atoms with Gasteiger partial charge < -0.3 is 14.2 Å². The maximum absolute atomic E-state index is 13.0. The highest BCUT2D eigenvalue weighted by atomic mass is 32.1. The molecule has 1 amide bonds. The monoisotopic (exact) mass is 416 g/mol. The molecular weight excluding hydrogens is 400 g/mol. The fraction of sp³-hybridized carbons (Fsp3) is 0.0455. The fourth-order valence-corrected chi connectivity index (χ4v) is 3.67. The van der Waals surface area contributed by atoms with Gasteiger partial charge in [-0.25, -0.2) is 9.67 Å². The summed E-state index contributed by atoms with van der Waals surface area (Å²) >= 11 is 1.55. The highest BCUT2D eigenvalue weighted by molar-refractivity contribution is 7.13. The number of para-hydroxylation sites is 1. The van der Waals surface area contributed by atoms with Gasteiger partial charge in [0.2, 0.25) is 5.89 Å². The fourth-order valence-electron chi connectivity index (χ4n) is 3.02. The molecule has 0 saturated carbocycles. The molecule has 0 bridgehead atoms. The Labute approximate surface area is 175 Å². The molecule has 0 aliphatic rings. The highest BCUT2D eigenvalue weighted by Crippen LogP contribution is 2.24. The van der Waals surface area contributed by atoms with Crippen molar-refractivity contribution in [3.05, 3.63) is 90.0 Å². The summed E-state index contributed by atoms with van der Waals surface area (Å²) in [5, 5.41) is 9.42. The number of furan rings is 1. The van der Waals surface area contributed by atoms with Crippen LogP contribution in [0.25, 0.3) is 27.9 Å². The molecule has 0 aliphatic carbocycles. The number of carbonyl (C=O) groups excluding carboxylic acids is 1. The van der Waals surface area contributed by atoms with Gasteiger partial charge in [-0.3, -0.25) is 4.79 Å². The van der Waals surface area contributed by atoms with Crippen molar-refractivity contribution in [1.29, 1.82) is 0 Å². The minimum atomic E-state index is -0.273. The van der Waals surface area contributed by atoms with Gasteiger partial charge in [-0.1, -0.05) is 24.3 Å². The van der Waals surface area contributed by atoms with Gasteiger partial charge in [0.1, 0.15) is 17.7 Å². The van der Waals surface area contributed by atoms with Crippen LogP contribution in [0.5, 0.6) is 0 Å². The molecule has 0 saturated heterocycles. The SMILES string of the molecule is O=C(NCc1coc(-c2cccs2)n1)c1cc(-c2ccco2)nn1-c1ccccc1. The number of thiophene rings is 1. The third-order valence-corrected chi connectivity index (χ3v) is 5.29. The number of oxazole rings is 1. The summed E-state index contributed by atoms with van der Waals surface area (Å²) in [5.74, 6) is 0.865. The molecule has 1 N–H and O–H groups in total. The lowest BCUT2D eigenvalue weighted by Gasteiger charge is -2.07. The lowest BCUT2D eigenvalue weighted by atomic mass is 10.2. The predicted molar refractivity (Wildman–Crippen MR) is 112 cm³/mol. The molecule has 5 rings (SSSR count). The maximum Gasteiger partial charge on any atom is 0.270 e. The normalized spacial score (nSPS) is 10.9. The maximum atomic E-state index is 13.0. The van der Waals surface area contributed by atoms with Gasteiger partial charge in [-0.05, 0) is 35.7 Å². The molecule has 7 nitrogen and oxygen atoms in total. The first-order valence-electron chi connectivity index (χ1n) is 9.24. The molecule has 148 valence electrons. The van der Waals surface area contributed by atoms with Crippen molar-refractivity contribution in [3.63, 3.8) is 0 Å². The summed E-state index contributed by atoms with van der Waals surface area (Å²) in [6.45, 7) is 0.240. The minimum Gasteiger partial charge on any atom is -0.463 e. The molecule has 0 spiro atoms. The van der Waals surface area contributed by atoms with Crippen molar-refractivity contribution < 1.29 is 13.6 Å². The zero-order valence-corrected chi connectivity index (χ0v) is 16.5. The molecule has 0 unspecified atom stereocenters. The summed E-state index contributed by atoms with van der Waals surface area (Å²) in [4.78, 5) is 18.4. The zero-order valence-electron chi connectivity index (χ0n) is 15.7. The summed E-state index contributed by atoms with van der Waals surface area (Å²) in [6, 6.07) is 18.7. The Morgan fingerprint density at radius 3 is 2.73 bits per heavy atom. The highest BCUT2D eigenvalue weighted by Gasteiger charge is 2.19. The van der Waals surface area contributed by atoms with E-state index >= 15 is 0 Å². The second kappa shape index (κ2) is 7.84. The quantitative estimate of drug-likeness (QED) is 0.431. The van der Waals surface area contributed by atoms with Crippen LogP contribution in [0.2, 0.25) is 0 Å². The van der Waals surface area contributed by atoms with Crippen molar-refractivity contribution in [2.75, 3.05) is 0 Å². The van der Waals surface area contributed by atoms with Gasteiger partial charge in [0.05, 0.1) is 29.1 Å². The number of hydrogen-bond donors (Lipinski definition) is 1. The molecule has 4 aromatic heterocycles. The number of aromatic nitrogens is 3. The third-order valence-electron chi connectivity index (χ3n) is 4.43. The van der Waals surface area contributed by atoms with Crippen molar-refractivity contribution in [2.45, 2.75) is 6.54 Å². The van der Waals surface area contributed by atoms with E-state index in [4.69, 9.17) is 8.83 Å². The molecule has 0 radical (unpaired) electrons. The van der Waals surface area contributed by atoms with E-state index in [1.165, 1.54) is 0 Å². The van der Waals surface area contributed by atoms with E-state index in [1.807, 2.05) is 47.8 Å². The van der Waals surface area contributed by atoms with Crippen molar-refractivity contribution in [2.24, 2.45) is 0 Å². The largest absolute Gasteiger partial charge is 0.463 e. The van der Waals surface area contributed by atoms with Crippen LogP contribution >= 0.6 is 11.3 Å². The van der Waals surface area contributed by atoms with Crippen LogP contribution in [-0.4, -0.2) is 20.7 Å². The van der Waals surface area contributed by atoms with Gasteiger partial charge >= 0.3 is 0 Å². The van der Waals surface area contributed by atoms with Crippen LogP contribution in [0.4, 0.5) is 0 Å². The van der Waals surface area contributed by atoms with Crippen LogP contribution in [-0.2, 0) is 6.54 Å². The van der Waals surface area contributed by atoms with E-state index in [-0.39, 0.29) is 12.5 Å². The van der Waals surface area contributed by atoms with E-state index in [1.54, 1.807) is 46.7 Å². The van der Waals surface area contributed by atoms with Crippen LogP contribution in [0.1, 0.15) is 16.2 Å². The molecular formula is C22H16N4O3S. The van der Waals surface area contributed by atoms with E-state index in [0.717, 1.165) is 10.6 Å². The number of rotatable bonds is 6. The molecule has 30 heavy (non-hydrogen) atoms. The van der Waals surface area contributed by atoms with E-state index < -0.39 is 0 Å². The van der Waals surface area contributed by atoms with Gasteiger partial charge in [0, 0.05) is 6.07 Å². The molecule has 0 aliphatic heterocycles. The van der Waals surface area contributed by atoms with Gasteiger partial charge in [0.25, 0.3) is 5.91 Å². The Bertz CT molecular complexity index is 1260. The number of carbonyl (C=O) groups is 1. The first-order chi connectivity index (χ1) is 14.8. The predicted octanol–water partition coefficient (Wildman–Crippen LogP) is 4.78. The zero-order chi connectivity index (χ0) is 20.3. The standard InChI is InChI=1S/C22H16N4O3S/c27-21(23-13-15-14-29-22(24-15)20-9-5-11-30-20)18-12-17(19-8-4-10-28-19)25-26(18)16-6-2-1-3-7-16/h1-12,14H,13H2,(H,23,27). The van der Waals surface area contributed by atoms with Crippen LogP contribution in [0, 0.1) is 0 Å². The molecule has 8 heteroatoms. The number of amides is 1. The van der Waals surface area contributed by atoms with Crippen molar-refractivity contribution in [1.82, 2.24) is 20.1 Å². The smallest absolute Gasteiger partial charge is 0.270 e. The van der Waals surface area contributed by atoms with Crippen LogP contribution < -0.4 is 5.32 Å². The van der Waals surface area contributed by atoms with Crippen molar-refractivity contribution in [3.8, 4) is 27.9 Å². The second-order valence-corrected chi connectivity index (χ2v) is 7.39. The molecule has 0 fully saturated rings. The number of nitrogens with one attached hydrogen (secondary N) is 1. The summed E-state index contributed by atoms with van der Waals surface area (Å²) in [7, 11) is 0. The summed E-state index contributed by atoms with van der Waals surface area (Å²) in [5.41, 5.74) is 2.40. The summed E-state index contributed by atoms with van der Waals surface area (Å²) in [6.07, 6.45) is 3.13. The lowest BCUT2D eigenvalue weighted by Crippen LogP contribution is -2.25. The molecule has 1 aromatic carbocycles. The Hall–Kier alpha value is -3.91. The average Bonchev–Trinajstić information content (AvgIpc) is 3.57. The third kappa shape index (κ3) is 3.56. The average molecular weight is 416 g/mol. The second-order valence-electron chi connectivity index (χ2n) is 6.44. The number of nitrogens with zero attached hydrogens (tertiary/aromatic N) is 3. The molecule has 5 aromatic rings. The Balaban J connectivity index is 1.39. The Morgan fingerprint density at radius 2 is 1.97 bits per heavy atom. The Morgan fingerprint density at radius 1 is 1.07 bits per heavy atom. The molecule has 0 atom stereocenters.